The molecule has 0 fully saturated rings. The highest BCUT2D eigenvalue weighted by atomic mass is 32.2. The van der Waals surface area contributed by atoms with Crippen LogP contribution in [0.4, 0.5) is 0 Å². The van der Waals surface area contributed by atoms with Crippen molar-refractivity contribution in [3.8, 4) is 0 Å². The normalized spacial score (nSPS) is 13.6. The van der Waals surface area contributed by atoms with Crippen LogP contribution in [0.3, 0.4) is 0 Å². The largest absolute Gasteiger partial charge is 0.288 e. The predicted molar refractivity (Wildman–Crippen MR) is 152 cm³/mol. The Hall–Kier alpha value is -1.00. The molecule has 190 valence electrons. The first kappa shape index (κ1) is 29.2. The molecule has 0 unspecified atom stereocenters. The van der Waals surface area contributed by atoms with Gasteiger partial charge < -0.3 is 0 Å². The van der Waals surface area contributed by atoms with Crippen molar-refractivity contribution in [1.29, 1.82) is 0 Å². The van der Waals surface area contributed by atoms with E-state index in [1.807, 2.05) is 12.1 Å². The molecule has 34 heavy (non-hydrogen) atoms. The maximum absolute atomic E-state index is 13.1. The minimum Gasteiger partial charge on any atom is -0.288 e. The van der Waals surface area contributed by atoms with E-state index in [4.69, 9.17) is 0 Å². The number of benzene rings is 1. The van der Waals surface area contributed by atoms with Gasteiger partial charge in [-0.2, -0.15) is 0 Å². The minimum absolute atomic E-state index is 0.0414. The molecule has 1 aliphatic rings. The lowest BCUT2D eigenvalue weighted by molar-refractivity contribution is 0.0988. The Balaban J connectivity index is 1.64. The lowest BCUT2D eigenvalue weighted by Crippen LogP contribution is -2.20. The van der Waals surface area contributed by atoms with Crippen LogP contribution in [0, 0.1) is 0 Å². The lowest BCUT2D eigenvalue weighted by Gasteiger charge is -2.20. The van der Waals surface area contributed by atoms with Crippen molar-refractivity contribution in [2.75, 3.05) is 11.5 Å². The summed E-state index contributed by atoms with van der Waals surface area (Å²) in [5.74, 6) is 1.91. The second-order valence-corrected chi connectivity index (χ2v) is 11.7. The van der Waals surface area contributed by atoms with E-state index in [0.29, 0.717) is 20.9 Å². The van der Waals surface area contributed by atoms with Gasteiger partial charge in [0.1, 0.15) is 0 Å². The van der Waals surface area contributed by atoms with Gasteiger partial charge in [0, 0.05) is 11.1 Å². The topological polar surface area (TPSA) is 34.1 Å². The SMILES string of the molecule is CCCCCCCCCCCCCCCCSC1=C(SCCCC)C(=O)c2ccccc2C1=O. The van der Waals surface area contributed by atoms with E-state index in [9.17, 15) is 9.59 Å². The molecule has 0 atom stereocenters. The number of thioether (sulfide) groups is 2. The summed E-state index contributed by atoms with van der Waals surface area (Å²) < 4.78 is 0. The summed E-state index contributed by atoms with van der Waals surface area (Å²) in [5, 5.41) is 0. The number of ketones is 2. The molecule has 4 heteroatoms. The molecule has 1 aliphatic carbocycles. The molecule has 0 bridgehead atoms. The van der Waals surface area contributed by atoms with Crippen LogP contribution < -0.4 is 0 Å². The smallest absolute Gasteiger partial charge is 0.201 e. The van der Waals surface area contributed by atoms with E-state index < -0.39 is 0 Å². The third-order valence-electron chi connectivity index (χ3n) is 6.52. The summed E-state index contributed by atoms with van der Waals surface area (Å²) in [7, 11) is 0. The Morgan fingerprint density at radius 2 is 0.853 bits per heavy atom. The molecule has 0 aromatic heterocycles. The van der Waals surface area contributed by atoms with Gasteiger partial charge >= 0.3 is 0 Å². The average Bonchev–Trinajstić information content (AvgIpc) is 2.86. The Bertz CT molecular complexity index is 769. The molecule has 2 rings (SSSR count). The van der Waals surface area contributed by atoms with Crippen molar-refractivity contribution in [1.82, 2.24) is 0 Å². The number of hydrogen-bond donors (Lipinski definition) is 0. The number of fused-ring (bicyclic) bond motifs is 1. The van der Waals surface area contributed by atoms with Gasteiger partial charge in [-0.25, -0.2) is 0 Å². The molecule has 0 N–H and O–H groups in total. The van der Waals surface area contributed by atoms with Crippen LogP contribution in [0.15, 0.2) is 34.1 Å². The molecule has 0 aliphatic heterocycles. The first-order valence-electron chi connectivity index (χ1n) is 13.9. The minimum atomic E-state index is 0.0414. The monoisotopic (exact) mass is 502 g/mol. The summed E-state index contributed by atoms with van der Waals surface area (Å²) >= 11 is 3.19. The van der Waals surface area contributed by atoms with E-state index in [2.05, 4.69) is 13.8 Å². The number of hydrogen-bond acceptors (Lipinski definition) is 4. The van der Waals surface area contributed by atoms with Gasteiger partial charge in [-0.05, 0) is 24.3 Å². The number of carbonyl (C=O) groups excluding carboxylic acids is 2. The maximum atomic E-state index is 13.1. The third-order valence-corrected chi connectivity index (χ3v) is 8.99. The molecule has 0 saturated heterocycles. The van der Waals surface area contributed by atoms with Gasteiger partial charge in [-0.15, -0.1) is 23.5 Å². The summed E-state index contributed by atoms with van der Waals surface area (Å²) in [6.45, 7) is 4.43. The van der Waals surface area contributed by atoms with Crippen LogP contribution >= 0.6 is 23.5 Å². The van der Waals surface area contributed by atoms with Crippen LogP contribution in [0.1, 0.15) is 137 Å². The zero-order valence-corrected chi connectivity index (χ0v) is 23.3. The predicted octanol–water partition coefficient (Wildman–Crippen LogP) is 10.0. The highest BCUT2D eigenvalue weighted by Crippen LogP contribution is 2.38. The molecule has 0 spiro atoms. The quantitative estimate of drug-likeness (QED) is 0.166. The summed E-state index contributed by atoms with van der Waals surface area (Å²) in [6.07, 6.45) is 21.1. The second-order valence-electron chi connectivity index (χ2n) is 9.51. The average molecular weight is 503 g/mol. The Labute approximate surface area is 217 Å². The van der Waals surface area contributed by atoms with Crippen LogP contribution in [0.5, 0.6) is 0 Å². The fourth-order valence-electron chi connectivity index (χ4n) is 4.38. The van der Waals surface area contributed by atoms with Crippen molar-refractivity contribution in [2.45, 2.75) is 117 Å². The van der Waals surface area contributed by atoms with Crippen LogP contribution in [0.2, 0.25) is 0 Å². The van der Waals surface area contributed by atoms with E-state index >= 15 is 0 Å². The summed E-state index contributed by atoms with van der Waals surface area (Å²) in [6, 6.07) is 7.31. The Morgan fingerprint density at radius 3 is 1.26 bits per heavy atom. The van der Waals surface area contributed by atoms with Crippen molar-refractivity contribution < 1.29 is 9.59 Å². The molecular formula is C30H46O2S2. The Kier molecular flexibility index (Phi) is 15.7. The molecule has 1 aromatic rings. The zero-order valence-electron chi connectivity index (χ0n) is 21.7. The highest BCUT2D eigenvalue weighted by molar-refractivity contribution is 8.08. The summed E-state index contributed by atoms with van der Waals surface area (Å²) in [5.41, 5.74) is 1.16. The number of carbonyl (C=O) groups is 2. The molecule has 2 nitrogen and oxygen atoms in total. The van der Waals surface area contributed by atoms with Gasteiger partial charge in [0.05, 0.1) is 9.81 Å². The maximum Gasteiger partial charge on any atom is 0.201 e. The van der Waals surface area contributed by atoms with Gasteiger partial charge in [0.15, 0.2) is 0 Å². The van der Waals surface area contributed by atoms with Gasteiger partial charge in [0.2, 0.25) is 11.6 Å². The van der Waals surface area contributed by atoms with E-state index in [1.54, 1.807) is 35.7 Å². The molecule has 0 amide bonds. The van der Waals surface area contributed by atoms with E-state index in [0.717, 1.165) is 30.8 Å². The number of Topliss-reactive ketones (excluding diaryl/α,β-unsaturated/α-hetero) is 2. The van der Waals surface area contributed by atoms with E-state index in [-0.39, 0.29) is 11.6 Å². The van der Waals surface area contributed by atoms with Crippen LogP contribution in [-0.4, -0.2) is 23.1 Å². The first-order valence-corrected chi connectivity index (χ1v) is 15.9. The highest BCUT2D eigenvalue weighted by Gasteiger charge is 2.32. The Morgan fingerprint density at radius 1 is 0.500 bits per heavy atom. The van der Waals surface area contributed by atoms with Gasteiger partial charge in [0.25, 0.3) is 0 Å². The third kappa shape index (κ3) is 10.3. The van der Waals surface area contributed by atoms with Crippen molar-refractivity contribution in [3.05, 3.63) is 45.2 Å². The van der Waals surface area contributed by atoms with Crippen molar-refractivity contribution >= 4 is 35.1 Å². The van der Waals surface area contributed by atoms with Crippen molar-refractivity contribution in [2.24, 2.45) is 0 Å². The fourth-order valence-corrected chi connectivity index (χ4v) is 6.85. The molecular weight excluding hydrogens is 456 g/mol. The van der Waals surface area contributed by atoms with Crippen LogP contribution in [0.25, 0.3) is 0 Å². The molecule has 0 heterocycles. The fraction of sp³-hybridized carbons (Fsp3) is 0.667. The molecule has 0 radical (unpaired) electrons. The zero-order chi connectivity index (χ0) is 24.4. The van der Waals surface area contributed by atoms with Crippen molar-refractivity contribution in [3.63, 3.8) is 0 Å². The number of allylic oxidation sites excluding steroid dienone is 2. The first-order chi connectivity index (χ1) is 16.7. The lowest BCUT2D eigenvalue weighted by atomic mass is 9.94. The standard InChI is InChI=1S/C30H46O2S2/c1-3-5-7-8-9-10-11-12-13-14-15-16-17-20-24-34-30-28(32)26-22-19-18-21-25(26)27(31)29(30)33-23-6-4-2/h18-19,21-22H,3-17,20,23-24H2,1-2H3. The molecule has 1 aromatic carbocycles. The van der Waals surface area contributed by atoms with Gasteiger partial charge in [-0.1, -0.05) is 128 Å². The second kappa shape index (κ2) is 18.3. The number of rotatable bonds is 20. The molecule has 0 saturated carbocycles. The van der Waals surface area contributed by atoms with Gasteiger partial charge in [-0.3, -0.25) is 9.59 Å². The summed E-state index contributed by atoms with van der Waals surface area (Å²) in [4.78, 5) is 27.6. The van der Waals surface area contributed by atoms with E-state index in [1.165, 1.54) is 83.5 Å². The van der Waals surface area contributed by atoms with Crippen LogP contribution in [-0.2, 0) is 0 Å². The number of unbranched alkanes of at least 4 members (excludes halogenated alkanes) is 14.